The number of rotatable bonds is 5. The Morgan fingerprint density at radius 1 is 1.17 bits per heavy atom. The smallest absolute Gasteiger partial charge is 0.387 e. The Kier molecular flexibility index (Phi) is 4.15. The zero-order valence-electron chi connectivity index (χ0n) is 13.2. The van der Waals surface area contributed by atoms with E-state index in [0.29, 0.717) is 11.5 Å². The quantitative estimate of drug-likeness (QED) is 0.713. The first-order valence-electron chi connectivity index (χ1n) is 6.95. The molecular formula is C15H14F2N4O3. The van der Waals surface area contributed by atoms with Gasteiger partial charge in [0.05, 0.1) is 18.4 Å². The van der Waals surface area contributed by atoms with Gasteiger partial charge in [-0.05, 0) is 25.1 Å². The third-order valence-corrected chi connectivity index (χ3v) is 3.30. The Morgan fingerprint density at radius 2 is 1.92 bits per heavy atom. The van der Waals surface area contributed by atoms with Crippen LogP contribution in [0.1, 0.15) is 5.69 Å². The number of alkyl halides is 2. The van der Waals surface area contributed by atoms with E-state index in [1.165, 1.54) is 25.3 Å². The van der Waals surface area contributed by atoms with Crippen LogP contribution in [0.5, 0.6) is 11.5 Å². The lowest BCUT2D eigenvalue weighted by atomic mass is 10.2. The van der Waals surface area contributed by atoms with Crippen molar-refractivity contribution in [3.05, 3.63) is 30.1 Å². The average molecular weight is 336 g/mol. The van der Waals surface area contributed by atoms with E-state index in [1.54, 1.807) is 17.9 Å². The van der Waals surface area contributed by atoms with E-state index in [0.717, 1.165) is 11.3 Å². The van der Waals surface area contributed by atoms with Gasteiger partial charge >= 0.3 is 6.61 Å². The molecule has 0 unspecified atom stereocenters. The average Bonchev–Trinajstić information content (AvgIpc) is 3.13. The first-order chi connectivity index (χ1) is 11.5. The number of ether oxygens (including phenoxy) is 2. The number of aryl methyl sites for hydroxylation is 2. The van der Waals surface area contributed by atoms with Crippen LogP contribution in [-0.2, 0) is 7.05 Å². The van der Waals surface area contributed by atoms with Crippen LogP contribution in [0, 0.1) is 6.92 Å². The van der Waals surface area contributed by atoms with E-state index in [-0.39, 0.29) is 17.4 Å². The SMILES string of the molecule is COc1cc(-c2nnc(-c3cn(C)nc3C)o2)ccc1OC(F)F. The molecule has 126 valence electrons. The van der Waals surface area contributed by atoms with E-state index in [2.05, 4.69) is 20.0 Å². The van der Waals surface area contributed by atoms with Gasteiger partial charge in [-0.15, -0.1) is 10.2 Å². The fourth-order valence-corrected chi connectivity index (χ4v) is 2.25. The summed E-state index contributed by atoms with van der Waals surface area (Å²) in [6, 6.07) is 4.39. The fourth-order valence-electron chi connectivity index (χ4n) is 2.25. The number of hydrogen-bond donors (Lipinski definition) is 0. The van der Waals surface area contributed by atoms with Crippen molar-refractivity contribution in [1.82, 2.24) is 20.0 Å². The molecule has 0 atom stereocenters. The number of benzene rings is 1. The molecule has 2 heterocycles. The Morgan fingerprint density at radius 3 is 2.54 bits per heavy atom. The molecule has 24 heavy (non-hydrogen) atoms. The van der Waals surface area contributed by atoms with Crippen LogP contribution in [0.15, 0.2) is 28.8 Å². The van der Waals surface area contributed by atoms with Gasteiger partial charge in [0.1, 0.15) is 0 Å². The van der Waals surface area contributed by atoms with Gasteiger partial charge < -0.3 is 13.9 Å². The molecule has 0 aliphatic carbocycles. The molecule has 2 aromatic heterocycles. The summed E-state index contributed by atoms with van der Waals surface area (Å²) in [5.74, 6) is 0.627. The number of aromatic nitrogens is 4. The Balaban J connectivity index is 1.94. The standard InChI is InChI=1S/C15H14F2N4O3/c1-8-10(7-21(2)20-8)14-19-18-13(24-14)9-4-5-11(23-15(16)17)12(6-9)22-3/h4-7,15H,1-3H3. The Labute approximate surface area is 135 Å². The van der Waals surface area contributed by atoms with Gasteiger partial charge in [-0.2, -0.15) is 13.9 Å². The predicted octanol–water partition coefficient (Wildman–Crippen LogP) is 3.06. The first kappa shape index (κ1) is 15.9. The Hall–Kier alpha value is -2.97. The van der Waals surface area contributed by atoms with E-state index < -0.39 is 6.61 Å². The maximum atomic E-state index is 12.4. The van der Waals surface area contributed by atoms with Crippen molar-refractivity contribution in [1.29, 1.82) is 0 Å². The number of halogens is 2. The van der Waals surface area contributed by atoms with E-state index in [1.807, 2.05) is 6.92 Å². The van der Waals surface area contributed by atoms with Gasteiger partial charge in [-0.1, -0.05) is 0 Å². The summed E-state index contributed by atoms with van der Waals surface area (Å²) in [4.78, 5) is 0. The Bertz CT molecular complexity index is 860. The van der Waals surface area contributed by atoms with Crippen LogP contribution in [0.2, 0.25) is 0 Å². The van der Waals surface area contributed by atoms with Crippen molar-refractivity contribution in [2.24, 2.45) is 7.05 Å². The molecular weight excluding hydrogens is 322 g/mol. The molecule has 3 aromatic rings. The normalized spacial score (nSPS) is 11.1. The highest BCUT2D eigenvalue weighted by molar-refractivity contribution is 5.62. The molecule has 0 spiro atoms. The fraction of sp³-hybridized carbons (Fsp3) is 0.267. The zero-order chi connectivity index (χ0) is 17.3. The van der Waals surface area contributed by atoms with Crippen molar-refractivity contribution in [3.8, 4) is 34.4 Å². The maximum Gasteiger partial charge on any atom is 0.387 e. The summed E-state index contributed by atoms with van der Waals surface area (Å²) in [7, 11) is 3.15. The number of hydrogen-bond acceptors (Lipinski definition) is 6. The highest BCUT2D eigenvalue weighted by Crippen LogP contribution is 2.34. The molecule has 0 amide bonds. The van der Waals surface area contributed by atoms with Crippen molar-refractivity contribution < 1.29 is 22.7 Å². The molecule has 0 bridgehead atoms. The van der Waals surface area contributed by atoms with Crippen molar-refractivity contribution >= 4 is 0 Å². The molecule has 7 nitrogen and oxygen atoms in total. The van der Waals surface area contributed by atoms with Gasteiger partial charge in [0.25, 0.3) is 5.89 Å². The molecule has 0 saturated heterocycles. The molecule has 0 aliphatic heterocycles. The molecule has 9 heteroatoms. The highest BCUT2D eigenvalue weighted by Gasteiger charge is 2.17. The minimum Gasteiger partial charge on any atom is -0.493 e. The topological polar surface area (TPSA) is 75.2 Å². The molecule has 0 saturated carbocycles. The monoisotopic (exact) mass is 336 g/mol. The van der Waals surface area contributed by atoms with Gasteiger partial charge in [-0.25, -0.2) is 0 Å². The highest BCUT2D eigenvalue weighted by atomic mass is 19.3. The van der Waals surface area contributed by atoms with Gasteiger partial charge in [0.2, 0.25) is 5.89 Å². The summed E-state index contributed by atoms with van der Waals surface area (Å²) < 4.78 is 41.5. The van der Waals surface area contributed by atoms with Crippen LogP contribution in [-0.4, -0.2) is 33.7 Å². The lowest BCUT2D eigenvalue weighted by Crippen LogP contribution is -2.03. The number of nitrogens with zero attached hydrogens (tertiary/aromatic N) is 4. The van der Waals surface area contributed by atoms with Crippen molar-refractivity contribution in [3.63, 3.8) is 0 Å². The van der Waals surface area contributed by atoms with Crippen LogP contribution in [0.3, 0.4) is 0 Å². The summed E-state index contributed by atoms with van der Waals surface area (Å²) in [6.07, 6.45) is 1.77. The minimum absolute atomic E-state index is 0.0703. The minimum atomic E-state index is -2.94. The van der Waals surface area contributed by atoms with Crippen LogP contribution in [0.25, 0.3) is 22.9 Å². The maximum absolute atomic E-state index is 12.4. The van der Waals surface area contributed by atoms with E-state index >= 15 is 0 Å². The van der Waals surface area contributed by atoms with E-state index in [4.69, 9.17) is 9.15 Å². The molecule has 0 N–H and O–H groups in total. The summed E-state index contributed by atoms with van der Waals surface area (Å²) >= 11 is 0. The third kappa shape index (κ3) is 3.05. The van der Waals surface area contributed by atoms with Crippen LogP contribution < -0.4 is 9.47 Å². The second kappa shape index (κ2) is 6.26. The zero-order valence-corrected chi connectivity index (χ0v) is 13.2. The second-order valence-corrected chi connectivity index (χ2v) is 4.96. The summed E-state index contributed by atoms with van der Waals surface area (Å²) in [6.45, 7) is -1.10. The molecule has 0 fully saturated rings. The van der Waals surface area contributed by atoms with Gasteiger partial charge in [-0.3, -0.25) is 4.68 Å². The van der Waals surface area contributed by atoms with Gasteiger partial charge in [0, 0.05) is 18.8 Å². The predicted molar refractivity (Wildman–Crippen MR) is 79.9 cm³/mol. The van der Waals surface area contributed by atoms with Crippen molar-refractivity contribution in [2.75, 3.05) is 7.11 Å². The lowest BCUT2D eigenvalue weighted by Gasteiger charge is -2.10. The summed E-state index contributed by atoms with van der Waals surface area (Å²) in [5.41, 5.74) is 2.00. The van der Waals surface area contributed by atoms with Gasteiger partial charge in [0.15, 0.2) is 11.5 Å². The summed E-state index contributed by atoms with van der Waals surface area (Å²) in [5, 5.41) is 12.2. The third-order valence-electron chi connectivity index (χ3n) is 3.30. The second-order valence-electron chi connectivity index (χ2n) is 4.96. The molecule has 1 aromatic carbocycles. The van der Waals surface area contributed by atoms with E-state index in [9.17, 15) is 8.78 Å². The lowest BCUT2D eigenvalue weighted by molar-refractivity contribution is -0.0512. The molecule has 0 aliphatic rings. The molecule has 3 rings (SSSR count). The number of methoxy groups -OCH3 is 1. The van der Waals surface area contributed by atoms with Crippen molar-refractivity contribution in [2.45, 2.75) is 13.5 Å². The molecule has 0 radical (unpaired) electrons. The van der Waals surface area contributed by atoms with Crippen LogP contribution in [0.4, 0.5) is 8.78 Å². The first-order valence-corrected chi connectivity index (χ1v) is 6.95. The largest absolute Gasteiger partial charge is 0.493 e. The van der Waals surface area contributed by atoms with Crippen LogP contribution >= 0.6 is 0 Å².